The first-order valence-corrected chi connectivity index (χ1v) is 5.43. The van der Waals surface area contributed by atoms with Gasteiger partial charge < -0.3 is 5.11 Å². The number of Topliss-reactive ketones (excluding diaryl/α,β-unsaturated/α-hetero) is 1. The van der Waals surface area contributed by atoms with Crippen molar-refractivity contribution in [1.29, 1.82) is 0 Å². The summed E-state index contributed by atoms with van der Waals surface area (Å²) in [5, 5.41) is 9.55. The van der Waals surface area contributed by atoms with E-state index >= 15 is 0 Å². The molecule has 0 saturated heterocycles. The van der Waals surface area contributed by atoms with Gasteiger partial charge in [0.05, 0.1) is 8.90 Å². The zero-order valence-electron chi connectivity index (χ0n) is 6.05. The van der Waals surface area contributed by atoms with E-state index in [1.807, 2.05) is 22.6 Å². The van der Waals surface area contributed by atoms with Crippen molar-refractivity contribution in [3.8, 4) is 5.75 Å². The van der Waals surface area contributed by atoms with Crippen molar-refractivity contribution >= 4 is 44.3 Å². The Morgan fingerprint density at radius 2 is 2.25 bits per heavy atom. The summed E-state index contributed by atoms with van der Waals surface area (Å²) in [6.07, 6.45) is 0. The second-order valence-corrected chi connectivity index (χ2v) is 3.95. The van der Waals surface area contributed by atoms with Gasteiger partial charge in [0, 0.05) is 5.56 Å². The Bertz CT molecular complexity index is 312. The maximum atomic E-state index is 11.1. The molecule has 1 N–H and O–H groups in total. The van der Waals surface area contributed by atoms with Gasteiger partial charge in [-0.1, -0.05) is 22.0 Å². The van der Waals surface area contributed by atoms with Crippen molar-refractivity contribution in [3.63, 3.8) is 0 Å². The minimum atomic E-state index is -0.0262. The molecule has 0 bridgehead atoms. The van der Waals surface area contributed by atoms with Crippen molar-refractivity contribution in [2.75, 3.05) is 5.33 Å². The number of carbonyl (C=O) groups is 1. The van der Waals surface area contributed by atoms with Gasteiger partial charge >= 0.3 is 0 Å². The summed E-state index contributed by atoms with van der Waals surface area (Å²) >= 11 is 5.06. The normalized spacial score (nSPS) is 9.83. The molecule has 1 rings (SSSR count). The monoisotopic (exact) mass is 340 g/mol. The average molecular weight is 341 g/mol. The number of hydrogen-bond acceptors (Lipinski definition) is 2. The number of rotatable bonds is 2. The van der Waals surface area contributed by atoms with Gasteiger partial charge in [0.1, 0.15) is 5.75 Å². The van der Waals surface area contributed by atoms with Crippen LogP contribution in [-0.2, 0) is 0 Å². The lowest BCUT2D eigenvalue weighted by Crippen LogP contribution is -1.99. The minimum Gasteiger partial charge on any atom is -0.507 e. The molecule has 0 aromatic heterocycles. The lowest BCUT2D eigenvalue weighted by molar-refractivity contribution is 0.102. The predicted molar refractivity (Wildman–Crippen MR) is 58.9 cm³/mol. The molecule has 64 valence electrons. The number of ketones is 1. The second kappa shape index (κ2) is 4.23. The lowest BCUT2D eigenvalue weighted by atomic mass is 10.1. The van der Waals surface area contributed by atoms with Crippen LogP contribution < -0.4 is 0 Å². The van der Waals surface area contributed by atoms with E-state index in [-0.39, 0.29) is 16.9 Å². The van der Waals surface area contributed by atoms with Gasteiger partial charge in [0.15, 0.2) is 5.78 Å². The Hall–Kier alpha value is -0.100. The molecule has 0 unspecified atom stereocenters. The minimum absolute atomic E-state index is 0.0262. The first-order chi connectivity index (χ1) is 5.65. The van der Waals surface area contributed by atoms with Crippen LogP contribution in [0.15, 0.2) is 18.2 Å². The van der Waals surface area contributed by atoms with Gasteiger partial charge in [0.25, 0.3) is 0 Å². The Morgan fingerprint density at radius 1 is 1.58 bits per heavy atom. The fraction of sp³-hybridized carbons (Fsp3) is 0.125. The van der Waals surface area contributed by atoms with Gasteiger partial charge in [-0.2, -0.15) is 0 Å². The molecule has 4 heteroatoms. The van der Waals surface area contributed by atoms with Crippen LogP contribution in [0.2, 0.25) is 0 Å². The quantitative estimate of drug-likeness (QED) is 0.510. The van der Waals surface area contributed by atoms with E-state index in [4.69, 9.17) is 0 Å². The third kappa shape index (κ3) is 2.20. The summed E-state index contributed by atoms with van der Waals surface area (Å²) < 4.78 is 0.749. The van der Waals surface area contributed by atoms with Crippen LogP contribution >= 0.6 is 38.5 Å². The van der Waals surface area contributed by atoms with E-state index in [0.717, 1.165) is 3.57 Å². The first kappa shape index (κ1) is 9.98. The van der Waals surface area contributed by atoms with Crippen molar-refractivity contribution < 1.29 is 9.90 Å². The van der Waals surface area contributed by atoms with Crippen LogP contribution in [0, 0.1) is 3.57 Å². The zero-order chi connectivity index (χ0) is 9.14. The third-order valence-electron chi connectivity index (χ3n) is 1.39. The second-order valence-electron chi connectivity index (χ2n) is 2.22. The van der Waals surface area contributed by atoms with E-state index in [0.29, 0.717) is 5.56 Å². The van der Waals surface area contributed by atoms with Gasteiger partial charge in [-0.25, -0.2) is 0 Å². The first-order valence-electron chi connectivity index (χ1n) is 3.23. The van der Waals surface area contributed by atoms with Gasteiger partial charge in [-0.3, -0.25) is 4.79 Å². The van der Waals surface area contributed by atoms with Crippen molar-refractivity contribution in [1.82, 2.24) is 0 Å². The highest BCUT2D eigenvalue weighted by Gasteiger charge is 2.05. The van der Waals surface area contributed by atoms with E-state index in [1.54, 1.807) is 12.1 Å². The smallest absolute Gasteiger partial charge is 0.173 e. The number of hydrogen-bond donors (Lipinski definition) is 1. The summed E-state index contributed by atoms with van der Waals surface area (Å²) in [5.74, 6) is 0.129. The molecule has 0 atom stereocenters. The molecule has 1 aromatic rings. The van der Waals surface area contributed by atoms with Crippen molar-refractivity contribution in [3.05, 3.63) is 27.3 Å². The molecule has 0 spiro atoms. The Kier molecular flexibility index (Phi) is 3.52. The molecular formula is C8H6BrIO2. The largest absolute Gasteiger partial charge is 0.507 e. The SMILES string of the molecule is O=C(CBr)c1ccc(I)c(O)c1. The molecule has 2 nitrogen and oxygen atoms in total. The van der Waals surface area contributed by atoms with E-state index in [9.17, 15) is 9.90 Å². The number of halogens is 2. The standard InChI is InChI=1S/C8H6BrIO2/c9-4-8(12)5-1-2-6(10)7(11)3-5/h1-3,11H,4H2. The molecule has 0 heterocycles. The lowest BCUT2D eigenvalue weighted by Gasteiger charge is -1.99. The van der Waals surface area contributed by atoms with Crippen molar-refractivity contribution in [2.24, 2.45) is 0 Å². The van der Waals surface area contributed by atoms with Gasteiger partial charge in [-0.15, -0.1) is 0 Å². The van der Waals surface area contributed by atoms with Crippen molar-refractivity contribution in [2.45, 2.75) is 0 Å². The molecular weight excluding hydrogens is 335 g/mol. The van der Waals surface area contributed by atoms with Crippen LogP contribution in [0.3, 0.4) is 0 Å². The molecule has 0 aliphatic heterocycles. The van der Waals surface area contributed by atoms with Crippen LogP contribution in [0.25, 0.3) is 0 Å². The molecule has 0 fully saturated rings. The number of phenolic OH excluding ortho intramolecular Hbond substituents is 1. The van der Waals surface area contributed by atoms with Crippen LogP contribution in [0.4, 0.5) is 0 Å². The van der Waals surface area contributed by atoms with E-state index in [2.05, 4.69) is 15.9 Å². The molecule has 12 heavy (non-hydrogen) atoms. The molecule has 1 aromatic carbocycles. The van der Waals surface area contributed by atoms with Gasteiger partial charge in [-0.05, 0) is 34.7 Å². The maximum absolute atomic E-state index is 11.1. The third-order valence-corrected chi connectivity index (χ3v) is 2.81. The molecule has 0 aliphatic rings. The number of aromatic hydroxyl groups is 1. The highest BCUT2D eigenvalue weighted by molar-refractivity contribution is 14.1. The number of alkyl halides is 1. The highest BCUT2D eigenvalue weighted by Crippen LogP contribution is 2.20. The Morgan fingerprint density at radius 3 is 2.75 bits per heavy atom. The fourth-order valence-corrected chi connectivity index (χ4v) is 1.42. The van der Waals surface area contributed by atoms with E-state index < -0.39 is 0 Å². The van der Waals surface area contributed by atoms with Crippen LogP contribution in [0.5, 0.6) is 5.75 Å². The predicted octanol–water partition coefficient (Wildman–Crippen LogP) is 2.57. The summed E-state index contributed by atoms with van der Waals surface area (Å²) in [4.78, 5) is 11.1. The molecule has 0 radical (unpaired) electrons. The molecule has 0 aliphatic carbocycles. The van der Waals surface area contributed by atoms with E-state index in [1.165, 1.54) is 6.07 Å². The number of benzene rings is 1. The number of phenols is 1. The topological polar surface area (TPSA) is 37.3 Å². The van der Waals surface area contributed by atoms with Crippen LogP contribution in [0.1, 0.15) is 10.4 Å². The average Bonchev–Trinajstić information content (AvgIpc) is 2.08. The summed E-state index contributed by atoms with van der Waals surface area (Å²) in [7, 11) is 0. The summed E-state index contributed by atoms with van der Waals surface area (Å²) in [5.41, 5.74) is 0.532. The summed E-state index contributed by atoms with van der Waals surface area (Å²) in [6, 6.07) is 4.89. The Balaban J connectivity index is 3.05. The Labute approximate surface area is 92.2 Å². The number of carbonyl (C=O) groups excluding carboxylic acids is 1. The molecule has 0 saturated carbocycles. The maximum Gasteiger partial charge on any atom is 0.173 e. The van der Waals surface area contributed by atoms with Crippen LogP contribution in [-0.4, -0.2) is 16.2 Å². The fourth-order valence-electron chi connectivity index (χ4n) is 0.763. The van der Waals surface area contributed by atoms with Gasteiger partial charge in [0.2, 0.25) is 0 Å². The highest BCUT2D eigenvalue weighted by atomic mass is 127. The summed E-state index contributed by atoms with van der Waals surface area (Å²) in [6.45, 7) is 0. The zero-order valence-corrected chi connectivity index (χ0v) is 9.79. The molecule has 0 amide bonds.